The number of nitro groups is 1. The van der Waals surface area contributed by atoms with Crippen molar-refractivity contribution in [1.82, 2.24) is 0 Å². The van der Waals surface area contributed by atoms with E-state index < -0.39 is 17.0 Å². The van der Waals surface area contributed by atoms with Crippen LogP contribution < -0.4 is 0 Å². The average Bonchev–Trinajstić information content (AvgIpc) is 2.56. The molecule has 0 aromatic heterocycles. The number of ketones is 1. The normalized spacial score (nSPS) is 11.6. The lowest BCUT2D eigenvalue weighted by Gasteiger charge is -2.13. The van der Waals surface area contributed by atoms with Crippen molar-refractivity contribution >= 4 is 17.4 Å². The van der Waals surface area contributed by atoms with Gasteiger partial charge in [-0.1, -0.05) is 12.1 Å². The molecule has 1 atom stereocenters. The van der Waals surface area contributed by atoms with Gasteiger partial charge >= 0.3 is 5.97 Å². The number of rotatable bonds is 5. The van der Waals surface area contributed by atoms with Gasteiger partial charge in [-0.2, -0.15) is 0 Å². The molecule has 0 fully saturated rings. The molecular formula is C18H17NO5. The maximum Gasteiger partial charge on any atom is 0.338 e. The van der Waals surface area contributed by atoms with Gasteiger partial charge in [0.25, 0.3) is 5.69 Å². The number of benzene rings is 2. The van der Waals surface area contributed by atoms with Gasteiger partial charge in [0.1, 0.15) is 0 Å². The van der Waals surface area contributed by atoms with Crippen LogP contribution in [0.25, 0.3) is 0 Å². The molecule has 1 unspecified atom stereocenters. The van der Waals surface area contributed by atoms with E-state index in [0.29, 0.717) is 5.56 Å². The third-order valence-corrected chi connectivity index (χ3v) is 3.76. The molecule has 0 aliphatic rings. The van der Waals surface area contributed by atoms with Crippen LogP contribution >= 0.6 is 0 Å². The molecule has 0 heterocycles. The van der Waals surface area contributed by atoms with Crippen LogP contribution in [0.1, 0.15) is 38.8 Å². The summed E-state index contributed by atoms with van der Waals surface area (Å²) in [5.74, 6) is -0.997. The third kappa shape index (κ3) is 3.84. The molecular weight excluding hydrogens is 310 g/mol. The summed E-state index contributed by atoms with van der Waals surface area (Å²) in [5.41, 5.74) is 2.56. The number of hydrogen-bond donors (Lipinski definition) is 0. The number of carbonyl (C=O) groups is 2. The number of Topliss-reactive ketones (excluding diaryl/α,β-unsaturated/α-hetero) is 1. The Labute approximate surface area is 139 Å². The van der Waals surface area contributed by atoms with E-state index in [1.807, 2.05) is 19.9 Å². The minimum atomic E-state index is -0.949. The Kier molecular flexibility index (Phi) is 5.08. The second-order valence-corrected chi connectivity index (χ2v) is 5.51. The van der Waals surface area contributed by atoms with Crippen molar-refractivity contribution in [3.05, 3.63) is 74.8 Å². The van der Waals surface area contributed by atoms with Crippen molar-refractivity contribution in [3.63, 3.8) is 0 Å². The topological polar surface area (TPSA) is 86.5 Å². The van der Waals surface area contributed by atoms with Gasteiger partial charge in [-0.15, -0.1) is 0 Å². The van der Waals surface area contributed by atoms with Gasteiger partial charge in [0.05, 0.1) is 10.5 Å². The van der Waals surface area contributed by atoms with Crippen molar-refractivity contribution in [2.24, 2.45) is 0 Å². The number of esters is 1. The highest BCUT2D eigenvalue weighted by Crippen LogP contribution is 2.16. The summed E-state index contributed by atoms with van der Waals surface area (Å²) in [7, 11) is 0. The molecule has 0 N–H and O–H groups in total. The molecule has 0 saturated carbocycles. The van der Waals surface area contributed by atoms with Crippen LogP contribution in [-0.2, 0) is 4.74 Å². The smallest absolute Gasteiger partial charge is 0.338 e. The Hall–Kier alpha value is -3.02. The Morgan fingerprint density at radius 3 is 2.12 bits per heavy atom. The van der Waals surface area contributed by atoms with Gasteiger partial charge in [0, 0.05) is 17.7 Å². The number of carbonyl (C=O) groups excluding carboxylic acids is 2. The van der Waals surface area contributed by atoms with Crippen LogP contribution in [0.15, 0.2) is 42.5 Å². The molecule has 0 radical (unpaired) electrons. The Balaban J connectivity index is 2.08. The summed E-state index contributed by atoms with van der Waals surface area (Å²) in [5, 5.41) is 10.6. The zero-order chi connectivity index (χ0) is 17.9. The van der Waals surface area contributed by atoms with Gasteiger partial charge in [-0.25, -0.2) is 4.79 Å². The van der Waals surface area contributed by atoms with Crippen LogP contribution in [0, 0.1) is 24.0 Å². The molecule has 6 nitrogen and oxygen atoms in total. The average molecular weight is 327 g/mol. The van der Waals surface area contributed by atoms with E-state index in [-0.39, 0.29) is 17.0 Å². The summed E-state index contributed by atoms with van der Waals surface area (Å²) in [4.78, 5) is 34.4. The summed E-state index contributed by atoms with van der Waals surface area (Å²) in [6, 6.07) is 10.3. The molecule has 24 heavy (non-hydrogen) atoms. The summed E-state index contributed by atoms with van der Waals surface area (Å²) >= 11 is 0. The number of ether oxygens (including phenoxy) is 1. The molecule has 0 saturated heterocycles. The highest BCUT2D eigenvalue weighted by atomic mass is 16.6. The van der Waals surface area contributed by atoms with Crippen molar-refractivity contribution in [1.29, 1.82) is 0 Å². The maximum absolute atomic E-state index is 12.4. The standard InChI is InChI=1S/C18H17NO5/c1-11-4-5-15(10-12(11)2)17(20)13(3)24-18(21)14-6-8-16(9-7-14)19(22)23/h4-10,13H,1-3H3. The maximum atomic E-state index is 12.4. The highest BCUT2D eigenvalue weighted by Gasteiger charge is 2.21. The monoisotopic (exact) mass is 327 g/mol. The zero-order valence-corrected chi connectivity index (χ0v) is 13.6. The van der Waals surface area contributed by atoms with Crippen LogP contribution in [0.5, 0.6) is 0 Å². The highest BCUT2D eigenvalue weighted by molar-refractivity contribution is 6.01. The second kappa shape index (κ2) is 7.04. The van der Waals surface area contributed by atoms with E-state index >= 15 is 0 Å². The van der Waals surface area contributed by atoms with Gasteiger partial charge in [-0.3, -0.25) is 14.9 Å². The van der Waals surface area contributed by atoms with Crippen LogP contribution in [0.2, 0.25) is 0 Å². The van der Waals surface area contributed by atoms with E-state index in [0.717, 1.165) is 11.1 Å². The fourth-order valence-corrected chi connectivity index (χ4v) is 2.13. The molecule has 0 amide bonds. The molecule has 2 rings (SSSR count). The van der Waals surface area contributed by atoms with E-state index in [2.05, 4.69) is 0 Å². The Bertz CT molecular complexity index is 796. The lowest BCUT2D eigenvalue weighted by molar-refractivity contribution is -0.384. The lowest BCUT2D eigenvalue weighted by atomic mass is 10.0. The minimum absolute atomic E-state index is 0.120. The molecule has 6 heteroatoms. The second-order valence-electron chi connectivity index (χ2n) is 5.51. The molecule has 0 bridgehead atoms. The first-order valence-corrected chi connectivity index (χ1v) is 7.36. The Morgan fingerprint density at radius 1 is 1.00 bits per heavy atom. The molecule has 2 aromatic rings. The van der Waals surface area contributed by atoms with Crippen LogP contribution in [-0.4, -0.2) is 22.8 Å². The number of hydrogen-bond acceptors (Lipinski definition) is 5. The molecule has 0 aliphatic heterocycles. The van der Waals surface area contributed by atoms with Crippen molar-refractivity contribution in [2.75, 3.05) is 0 Å². The molecule has 0 aliphatic carbocycles. The number of nitro benzene ring substituents is 1. The largest absolute Gasteiger partial charge is 0.451 e. The third-order valence-electron chi connectivity index (χ3n) is 3.76. The van der Waals surface area contributed by atoms with E-state index in [1.54, 1.807) is 12.1 Å². The van der Waals surface area contributed by atoms with Crippen LogP contribution in [0.3, 0.4) is 0 Å². The minimum Gasteiger partial charge on any atom is -0.451 e. The van der Waals surface area contributed by atoms with Gasteiger partial charge in [0.2, 0.25) is 5.78 Å². The summed E-state index contributed by atoms with van der Waals surface area (Å²) in [6.07, 6.45) is -0.949. The van der Waals surface area contributed by atoms with Gasteiger partial charge in [-0.05, 0) is 50.1 Å². The number of aryl methyl sites for hydroxylation is 2. The number of non-ortho nitro benzene ring substituents is 1. The summed E-state index contributed by atoms with van der Waals surface area (Å²) in [6.45, 7) is 5.35. The summed E-state index contributed by atoms with van der Waals surface area (Å²) < 4.78 is 5.16. The predicted molar refractivity (Wildman–Crippen MR) is 88.2 cm³/mol. The van der Waals surface area contributed by atoms with E-state index in [1.165, 1.54) is 31.2 Å². The van der Waals surface area contributed by atoms with E-state index in [4.69, 9.17) is 4.74 Å². The van der Waals surface area contributed by atoms with E-state index in [9.17, 15) is 19.7 Å². The molecule has 2 aromatic carbocycles. The Morgan fingerprint density at radius 2 is 1.58 bits per heavy atom. The first-order chi connectivity index (χ1) is 11.3. The SMILES string of the molecule is Cc1ccc(C(=O)C(C)OC(=O)c2ccc([N+](=O)[O-])cc2)cc1C. The fourth-order valence-electron chi connectivity index (χ4n) is 2.13. The van der Waals surface area contributed by atoms with Crippen molar-refractivity contribution in [2.45, 2.75) is 26.9 Å². The van der Waals surface area contributed by atoms with Crippen molar-refractivity contribution in [3.8, 4) is 0 Å². The zero-order valence-electron chi connectivity index (χ0n) is 13.6. The molecule has 124 valence electrons. The fraction of sp³-hybridized carbons (Fsp3) is 0.222. The first kappa shape index (κ1) is 17.3. The van der Waals surface area contributed by atoms with Crippen LogP contribution in [0.4, 0.5) is 5.69 Å². The number of nitrogens with zero attached hydrogens (tertiary/aromatic N) is 1. The quantitative estimate of drug-likeness (QED) is 0.362. The van der Waals surface area contributed by atoms with Gasteiger partial charge < -0.3 is 4.74 Å². The molecule has 0 spiro atoms. The first-order valence-electron chi connectivity index (χ1n) is 7.36. The van der Waals surface area contributed by atoms with Crippen molar-refractivity contribution < 1.29 is 19.2 Å². The lowest BCUT2D eigenvalue weighted by Crippen LogP contribution is -2.24. The van der Waals surface area contributed by atoms with Gasteiger partial charge in [0.15, 0.2) is 6.10 Å². The predicted octanol–water partition coefficient (Wildman–Crippen LogP) is 3.64.